The zero-order valence-electron chi connectivity index (χ0n) is 12.6. The zero-order chi connectivity index (χ0) is 16.3. The molecule has 0 aliphatic heterocycles. The highest BCUT2D eigenvalue weighted by molar-refractivity contribution is 7.92. The predicted octanol–water partition coefficient (Wildman–Crippen LogP) is 3.86. The van der Waals surface area contributed by atoms with E-state index in [1.165, 1.54) is 0 Å². The van der Waals surface area contributed by atoms with E-state index in [4.69, 9.17) is 0 Å². The van der Waals surface area contributed by atoms with Crippen LogP contribution in [0.15, 0.2) is 78.0 Å². The van der Waals surface area contributed by atoms with Crippen molar-refractivity contribution >= 4 is 15.7 Å². The van der Waals surface area contributed by atoms with E-state index >= 15 is 0 Å². The lowest BCUT2D eigenvalue weighted by atomic mass is 10.1. The second-order valence-electron chi connectivity index (χ2n) is 5.24. The van der Waals surface area contributed by atoms with Gasteiger partial charge in [0.2, 0.25) is 0 Å². The van der Waals surface area contributed by atoms with Crippen LogP contribution in [-0.2, 0) is 10.0 Å². The minimum atomic E-state index is -3.59. The van der Waals surface area contributed by atoms with Crippen molar-refractivity contribution in [1.82, 2.24) is 4.98 Å². The van der Waals surface area contributed by atoms with Crippen molar-refractivity contribution < 1.29 is 8.42 Å². The summed E-state index contributed by atoms with van der Waals surface area (Å²) in [6, 6.07) is 17.8. The van der Waals surface area contributed by atoms with Crippen molar-refractivity contribution in [2.45, 2.75) is 11.8 Å². The maximum atomic E-state index is 12.4. The summed E-state index contributed by atoms with van der Waals surface area (Å²) in [7, 11) is -3.59. The molecule has 2 aromatic carbocycles. The molecule has 4 nitrogen and oxygen atoms in total. The van der Waals surface area contributed by atoms with Crippen LogP contribution in [0.4, 0.5) is 5.69 Å². The summed E-state index contributed by atoms with van der Waals surface area (Å²) in [5.41, 5.74) is 3.46. The highest BCUT2D eigenvalue weighted by atomic mass is 32.2. The Bertz CT molecular complexity index is 905. The molecule has 5 heteroatoms. The highest BCUT2D eigenvalue weighted by Gasteiger charge is 2.14. The van der Waals surface area contributed by atoms with E-state index < -0.39 is 10.0 Å². The van der Waals surface area contributed by atoms with Crippen molar-refractivity contribution in [3.63, 3.8) is 0 Å². The van der Waals surface area contributed by atoms with Crippen LogP contribution in [0.25, 0.3) is 11.1 Å². The van der Waals surface area contributed by atoms with Gasteiger partial charge in [0.05, 0.1) is 4.90 Å². The van der Waals surface area contributed by atoms with Crippen molar-refractivity contribution in [2.24, 2.45) is 0 Å². The van der Waals surface area contributed by atoms with Crippen LogP contribution >= 0.6 is 0 Å². The molecule has 0 bridgehead atoms. The predicted molar refractivity (Wildman–Crippen MR) is 91.7 cm³/mol. The third-order valence-electron chi connectivity index (χ3n) is 3.46. The smallest absolute Gasteiger partial charge is 0.261 e. The number of hydrogen-bond acceptors (Lipinski definition) is 3. The Labute approximate surface area is 135 Å². The lowest BCUT2D eigenvalue weighted by molar-refractivity contribution is 0.601. The van der Waals surface area contributed by atoms with Crippen molar-refractivity contribution in [3.8, 4) is 11.1 Å². The number of anilines is 1. The Balaban J connectivity index is 1.90. The molecule has 23 heavy (non-hydrogen) atoms. The fourth-order valence-corrected chi connectivity index (χ4v) is 3.29. The number of nitrogens with one attached hydrogen (secondary N) is 1. The Morgan fingerprint density at radius 3 is 2.26 bits per heavy atom. The Morgan fingerprint density at radius 1 is 0.870 bits per heavy atom. The molecule has 3 aromatic rings. The van der Waals surface area contributed by atoms with E-state index in [-0.39, 0.29) is 4.90 Å². The molecule has 116 valence electrons. The molecule has 3 rings (SSSR count). The standard InChI is InChI=1S/C18H16N2O2S/c1-14-5-7-18(8-6-14)23(21,22)20-17-4-2-3-16(13-17)15-9-11-19-12-10-15/h2-13,20H,1H3. The van der Waals surface area contributed by atoms with Crippen LogP contribution in [-0.4, -0.2) is 13.4 Å². The molecule has 0 aliphatic rings. The van der Waals surface area contributed by atoms with Crippen LogP contribution in [0.2, 0.25) is 0 Å². The van der Waals surface area contributed by atoms with E-state index in [0.717, 1.165) is 16.7 Å². The topological polar surface area (TPSA) is 59.1 Å². The van der Waals surface area contributed by atoms with Gasteiger partial charge < -0.3 is 0 Å². The quantitative estimate of drug-likeness (QED) is 0.793. The average Bonchev–Trinajstić information content (AvgIpc) is 2.56. The molecule has 1 N–H and O–H groups in total. The number of aryl methyl sites for hydroxylation is 1. The van der Waals surface area contributed by atoms with Gasteiger partial charge in [0.1, 0.15) is 0 Å². The third kappa shape index (κ3) is 3.57. The van der Waals surface area contributed by atoms with Gasteiger partial charge >= 0.3 is 0 Å². The molecule has 1 heterocycles. The van der Waals surface area contributed by atoms with Crippen LogP contribution in [0.5, 0.6) is 0 Å². The van der Waals surface area contributed by atoms with Crippen LogP contribution in [0.3, 0.4) is 0 Å². The van der Waals surface area contributed by atoms with E-state index in [0.29, 0.717) is 5.69 Å². The maximum Gasteiger partial charge on any atom is 0.261 e. The SMILES string of the molecule is Cc1ccc(S(=O)(=O)Nc2cccc(-c3ccncc3)c2)cc1. The van der Waals surface area contributed by atoms with Crippen LogP contribution in [0.1, 0.15) is 5.56 Å². The van der Waals surface area contributed by atoms with Crippen LogP contribution < -0.4 is 4.72 Å². The van der Waals surface area contributed by atoms with Gasteiger partial charge in [0.25, 0.3) is 10.0 Å². The zero-order valence-corrected chi connectivity index (χ0v) is 13.4. The number of hydrogen-bond donors (Lipinski definition) is 1. The minimum absolute atomic E-state index is 0.248. The number of sulfonamides is 1. The molecule has 0 radical (unpaired) electrons. The Kier molecular flexibility index (Phi) is 4.12. The summed E-state index contributed by atoms with van der Waals surface area (Å²) >= 11 is 0. The summed E-state index contributed by atoms with van der Waals surface area (Å²) < 4.78 is 27.5. The molecule has 1 aromatic heterocycles. The summed E-state index contributed by atoms with van der Waals surface area (Å²) in [6.07, 6.45) is 3.41. The number of benzene rings is 2. The largest absolute Gasteiger partial charge is 0.280 e. The fraction of sp³-hybridized carbons (Fsp3) is 0.0556. The molecular weight excluding hydrogens is 308 g/mol. The molecule has 0 unspecified atom stereocenters. The third-order valence-corrected chi connectivity index (χ3v) is 4.86. The van der Waals surface area contributed by atoms with Crippen LogP contribution in [0, 0.1) is 6.92 Å². The van der Waals surface area contributed by atoms with Crippen molar-refractivity contribution in [2.75, 3.05) is 4.72 Å². The monoisotopic (exact) mass is 324 g/mol. The molecule has 0 amide bonds. The summed E-state index contributed by atoms with van der Waals surface area (Å²) in [4.78, 5) is 4.24. The molecular formula is C18H16N2O2S. The van der Waals surface area contributed by atoms with Crippen molar-refractivity contribution in [1.29, 1.82) is 0 Å². The fourth-order valence-electron chi connectivity index (χ4n) is 2.24. The van der Waals surface area contributed by atoms with E-state index in [1.54, 1.807) is 48.8 Å². The number of nitrogens with zero attached hydrogens (tertiary/aromatic N) is 1. The molecule has 0 aliphatic carbocycles. The number of rotatable bonds is 4. The molecule has 0 spiro atoms. The Morgan fingerprint density at radius 2 is 1.57 bits per heavy atom. The van der Waals surface area contributed by atoms with Crippen molar-refractivity contribution in [3.05, 3.63) is 78.6 Å². The molecule has 0 saturated carbocycles. The first kappa shape index (κ1) is 15.2. The number of pyridine rings is 1. The molecule has 0 atom stereocenters. The second-order valence-corrected chi connectivity index (χ2v) is 6.92. The summed E-state index contributed by atoms with van der Waals surface area (Å²) in [6.45, 7) is 1.92. The normalized spacial score (nSPS) is 11.2. The average molecular weight is 324 g/mol. The number of aromatic nitrogens is 1. The van der Waals surface area contributed by atoms with Gasteiger partial charge in [-0.2, -0.15) is 0 Å². The van der Waals surface area contributed by atoms with Gasteiger partial charge in [0.15, 0.2) is 0 Å². The molecule has 0 fully saturated rings. The van der Waals surface area contributed by atoms with E-state index in [1.807, 2.05) is 31.2 Å². The first-order valence-electron chi connectivity index (χ1n) is 7.14. The molecule has 0 saturated heterocycles. The Hall–Kier alpha value is -2.66. The highest BCUT2D eigenvalue weighted by Crippen LogP contribution is 2.23. The van der Waals surface area contributed by atoms with Gasteiger partial charge in [-0.15, -0.1) is 0 Å². The maximum absolute atomic E-state index is 12.4. The minimum Gasteiger partial charge on any atom is -0.280 e. The first-order chi connectivity index (χ1) is 11.0. The lowest BCUT2D eigenvalue weighted by Gasteiger charge is -2.10. The van der Waals surface area contributed by atoms with Gasteiger partial charge in [-0.1, -0.05) is 29.8 Å². The lowest BCUT2D eigenvalue weighted by Crippen LogP contribution is -2.12. The first-order valence-corrected chi connectivity index (χ1v) is 8.63. The second kappa shape index (κ2) is 6.22. The van der Waals surface area contributed by atoms with Gasteiger partial charge in [-0.05, 0) is 54.4 Å². The van der Waals surface area contributed by atoms with Gasteiger partial charge in [-0.25, -0.2) is 8.42 Å². The van der Waals surface area contributed by atoms with E-state index in [9.17, 15) is 8.42 Å². The summed E-state index contributed by atoms with van der Waals surface area (Å²) in [5, 5.41) is 0. The summed E-state index contributed by atoms with van der Waals surface area (Å²) in [5.74, 6) is 0. The van der Waals surface area contributed by atoms with Gasteiger partial charge in [-0.3, -0.25) is 9.71 Å². The van der Waals surface area contributed by atoms with E-state index in [2.05, 4.69) is 9.71 Å². The van der Waals surface area contributed by atoms with Gasteiger partial charge in [0, 0.05) is 18.1 Å².